The molecule has 152 valence electrons. The van der Waals surface area contributed by atoms with Crippen LogP contribution in [0.1, 0.15) is 17.9 Å². The first-order valence-corrected chi connectivity index (χ1v) is 9.79. The number of carbonyl (C=O) groups is 1. The summed E-state index contributed by atoms with van der Waals surface area (Å²) in [6, 6.07) is 17.5. The Morgan fingerprint density at radius 1 is 1.07 bits per heavy atom. The van der Waals surface area contributed by atoms with Gasteiger partial charge in [-0.1, -0.05) is 29.4 Å². The Labute approximate surface area is 174 Å². The maximum Gasteiger partial charge on any atom is 0.227 e. The van der Waals surface area contributed by atoms with Crippen molar-refractivity contribution in [2.45, 2.75) is 19.3 Å². The van der Waals surface area contributed by atoms with Crippen molar-refractivity contribution < 1.29 is 14.1 Å². The molecule has 4 aromatic rings. The molecule has 2 aromatic heterocycles. The summed E-state index contributed by atoms with van der Waals surface area (Å²) in [5.41, 5.74) is 2.93. The van der Waals surface area contributed by atoms with Crippen LogP contribution in [0.25, 0.3) is 22.3 Å². The number of aromatic nitrogens is 3. The Kier molecular flexibility index (Phi) is 5.98. The molecule has 0 spiro atoms. The monoisotopic (exact) mass is 402 g/mol. The van der Waals surface area contributed by atoms with Crippen LogP contribution in [-0.2, 0) is 17.6 Å². The van der Waals surface area contributed by atoms with E-state index < -0.39 is 0 Å². The first-order chi connectivity index (χ1) is 14.7. The van der Waals surface area contributed by atoms with Crippen LogP contribution in [0.4, 0.5) is 0 Å². The lowest BCUT2D eigenvalue weighted by molar-refractivity contribution is -0.121. The number of rotatable bonds is 8. The van der Waals surface area contributed by atoms with E-state index in [0.717, 1.165) is 34.2 Å². The molecule has 0 atom stereocenters. The molecular formula is C23H22N4O3. The molecule has 0 fully saturated rings. The lowest BCUT2D eigenvalue weighted by Gasteiger charge is -2.07. The number of nitrogens with one attached hydrogen (secondary N) is 1. The third-order valence-corrected chi connectivity index (χ3v) is 4.82. The fourth-order valence-electron chi connectivity index (χ4n) is 3.23. The zero-order chi connectivity index (χ0) is 20.8. The molecule has 1 N–H and O–H groups in total. The fraction of sp³-hybridized carbons (Fsp3) is 0.217. The van der Waals surface area contributed by atoms with E-state index in [1.807, 2.05) is 54.6 Å². The van der Waals surface area contributed by atoms with E-state index in [2.05, 4.69) is 20.4 Å². The minimum absolute atomic E-state index is 0.0487. The van der Waals surface area contributed by atoms with Crippen molar-refractivity contribution in [3.8, 4) is 17.1 Å². The topological polar surface area (TPSA) is 90.1 Å². The number of methoxy groups -OCH3 is 1. The van der Waals surface area contributed by atoms with Crippen LogP contribution in [-0.4, -0.2) is 34.7 Å². The summed E-state index contributed by atoms with van der Waals surface area (Å²) in [5.74, 6) is 1.65. The third kappa shape index (κ3) is 4.63. The molecule has 0 saturated carbocycles. The maximum atomic E-state index is 12.2. The van der Waals surface area contributed by atoms with Gasteiger partial charge in [0.05, 0.1) is 12.6 Å². The molecule has 2 aromatic carbocycles. The van der Waals surface area contributed by atoms with Crippen LogP contribution in [0.2, 0.25) is 0 Å². The van der Waals surface area contributed by atoms with Gasteiger partial charge in [-0.2, -0.15) is 4.98 Å². The van der Waals surface area contributed by atoms with Gasteiger partial charge >= 0.3 is 0 Å². The molecule has 0 aliphatic rings. The standard InChI is InChI=1S/C23H22N4O3/c1-29-19-9-7-18(8-10-19)23-26-21(30-27-23)12-11-20(28)24-15-13-17-5-2-4-16-6-3-14-25-22(16)17/h2-10,14H,11-13,15H2,1H3,(H,24,28). The average molecular weight is 402 g/mol. The van der Waals surface area contributed by atoms with Crippen molar-refractivity contribution in [1.29, 1.82) is 0 Å². The zero-order valence-corrected chi connectivity index (χ0v) is 16.7. The van der Waals surface area contributed by atoms with Crippen LogP contribution in [0, 0.1) is 0 Å². The molecule has 0 aliphatic heterocycles. The molecular weight excluding hydrogens is 380 g/mol. The van der Waals surface area contributed by atoms with Crippen LogP contribution in [0.5, 0.6) is 5.75 Å². The second-order valence-electron chi connectivity index (χ2n) is 6.83. The molecule has 0 radical (unpaired) electrons. The number of benzene rings is 2. The first-order valence-electron chi connectivity index (χ1n) is 9.79. The Balaban J connectivity index is 1.26. The van der Waals surface area contributed by atoms with Crippen molar-refractivity contribution >= 4 is 16.8 Å². The van der Waals surface area contributed by atoms with Crippen molar-refractivity contribution in [2.24, 2.45) is 0 Å². The molecule has 0 aliphatic carbocycles. The van der Waals surface area contributed by atoms with Crippen molar-refractivity contribution in [2.75, 3.05) is 13.7 Å². The summed E-state index contributed by atoms with van der Waals surface area (Å²) in [5, 5.41) is 8.03. The molecule has 30 heavy (non-hydrogen) atoms. The summed E-state index contributed by atoms with van der Waals surface area (Å²) in [7, 11) is 1.62. The van der Waals surface area contributed by atoms with Crippen LogP contribution >= 0.6 is 0 Å². The summed E-state index contributed by atoms with van der Waals surface area (Å²) in [6.45, 7) is 0.551. The van der Waals surface area contributed by atoms with Crippen molar-refractivity contribution in [3.05, 3.63) is 72.2 Å². The molecule has 7 nitrogen and oxygen atoms in total. The Hall–Kier alpha value is -3.74. The van der Waals surface area contributed by atoms with E-state index in [1.54, 1.807) is 13.3 Å². The quantitative estimate of drug-likeness (QED) is 0.484. The van der Waals surface area contributed by atoms with Gasteiger partial charge < -0.3 is 14.6 Å². The van der Waals surface area contributed by atoms with Crippen molar-refractivity contribution in [1.82, 2.24) is 20.4 Å². The lowest BCUT2D eigenvalue weighted by atomic mass is 10.1. The molecule has 0 unspecified atom stereocenters. The van der Waals surface area contributed by atoms with Crippen LogP contribution in [0.15, 0.2) is 65.3 Å². The molecule has 0 saturated heterocycles. The number of nitrogens with zero attached hydrogens (tertiary/aromatic N) is 3. The highest BCUT2D eigenvalue weighted by molar-refractivity contribution is 5.81. The van der Waals surface area contributed by atoms with E-state index in [1.165, 1.54) is 0 Å². The SMILES string of the molecule is COc1ccc(-c2noc(CCC(=O)NCCc3cccc4cccnc34)n2)cc1. The van der Waals surface area contributed by atoms with Crippen molar-refractivity contribution in [3.63, 3.8) is 0 Å². The Morgan fingerprint density at radius 2 is 1.90 bits per heavy atom. The van der Waals surface area contributed by atoms with Gasteiger partial charge in [0.2, 0.25) is 17.6 Å². The molecule has 4 rings (SSSR count). The van der Waals surface area contributed by atoms with E-state index in [0.29, 0.717) is 24.7 Å². The number of hydrogen-bond donors (Lipinski definition) is 1. The number of amides is 1. The van der Waals surface area contributed by atoms with Gasteiger partial charge in [0.15, 0.2) is 0 Å². The second kappa shape index (κ2) is 9.17. The predicted molar refractivity (Wildman–Crippen MR) is 113 cm³/mol. The predicted octanol–water partition coefficient (Wildman–Crippen LogP) is 3.58. The number of hydrogen-bond acceptors (Lipinski definition) is 6. The summed E-state index contributed by atoms with van der Waals surface area (Å²) in [6.07, 6.45) is 3.19. The van der Waals surface area contributed by atoms with Gasteiger partial charge in [0, 0.05) is 36.5 Å². The second-order valence-corrected chi connectivity index (χ2v) is 6.83. The Bertz CT molecular complexity index is 1130. The summed E-state index contributed by atoms with van der Waals surface area (Å²) >= 11 is 0. The number of carbonyl (C=O) groups excluding carboxylic acids is 1. The van der Waals surface area contributed by atoms with E-state index in [9.17, 15) is 4.79 Å². The van der Waals surface area contributed by atoms with Crippen LogP contribution in [0.3, 0.4) is 0 Å². The number of aryl methyl sites for hydroxylation is 1. The molecule has 0 bridgehead atoms. The maximum absolute atomic E-state index is 12.2. The van der Waals surface area contributed by atoms with Gasteiger partial charge in [-0.25, -0.2) is 0 Å². The normalized spacial score (nSPS) is 10.8. The zero-order valence-electron chi connectivity index (χ0n) is 16.7. The fourth-order valence-corrected chi connectivity index (χ4v) is 3.23. The first kappa shape index (κ1) is 19.6. The van der Waals surface area contributed by atoms with Gasteiger partial charge in [-0.3, -0.25) is 9.78 Å². The smallest absolute Gasteiger partial charge is 0.227 e. The molecule has 1 amide bonds. The Morgan fingerprint density at radius 3 is 2.73 bits per heavy atom. The number of para-hydroxylation sites is 1. The number of fused-ring (bicyclic) bond motifs is 1. The largest absolute Gasteiger partial charge is 0.497 e. The minimum Gasteiger partial charge on any atom is -0.497 e. The average Bonchev–Trinajstić information content (AvgIpc) is 3.27. The van der Waals surface area contributed by atoms with E-state index >= 15 is 0 Å². The summed E-state index contributed by atoms with van der Waals surface area (Å²) in [4.78, 5) is 21.0. The molecule has 7 heteroatoms. The van der Waals surface area contributed by atoms with Gasteiger partial charge in [0.1, 0.15) is 5.75 Å². The van der Waals surface area contributed by atoms with Gasteiger partial charge in [0.25, 0.3) is 0 Å². The van der Waals surface area contributed by atoms with Crippen LogP contribution < -0.4 is 10.1 Å². The third-order valence-electron chi connectivity index (χ3n) is 4.82. The highest BCUT2D eigenvalue weighted by atomic mass is 16.5. The van der Waals surface area contributed by atoms with Gasteiger partial charge in [-0.05, 0) is 42.3 Å². The molecule has 2 heterocycles. The minimum atomic E-state index is -0.0487. The lowest BCUT2D eigenvalue weighted by Crippen LogP contribution is -2.26. The van der Waals surface area contributed by atoms with E-state index in [4.69, 9.17) is 9.26 Å². The highest BCUT2D eigenvalue weighted by Gasteiger charge is 2.11. The van der Waals surface area contributed by atoms with E-state index in [-0.39, 0.29) is 12.3 Å². The summed E-state index contributed by atoms with van der Waals surface area (Å²) < 4.78 is 10.4. The number of ether oxygens (including phenoxy) is 1. The number of pyridine rings is 1. The van der Waals surface area contributed by atoms with Gasteiger partial charge in [-0.15, -0.1) is 0 Å². The highest BCUT2D eigenvalue weighted by Crippen LogP contribution is 2.20.